The highest BCUT2D eigenvalue weighted by molar-refractivity contribution is 6.07. The highest BCUT2D eigenvalue weighted by Gasteiger charge is 2.38. The number of aliphatic imine (C=N–C) groups is 1. The Morgan fingerprint density at radius 1 is 1.17 bits per heavy atom. The number of amides is 2. The summed E-state index contributed by atoms with van der Waals surface area (Å²) in [5, 5.41) is 12.3. The van der Waals surface area contributed by atoms with Gasteiger partial charge < -0.3 is 19.6 Å². The molecule has 0 spiro atoms. The number of hydrogen-bond acceptors (Lipinski definition) is 6. The third-order valence-electron chi connectivity index (χ3n) is 7.62. The summed E-state index contributed by atoms with van der Waals surface area (Å²) in [5.41, 5.74) is 1.77. The van der Waals surface area contributed by atoms with Gasteiger partial charge in [0.05, 0.1) is 18.9 Å². The number of benzene rings is 1. The maximum atomic E-state index is 13.1. The molecule has 198 valence electrons. The summed E-state index contributed by atoms with van der Waals surface area (Å²) in [6, 6.07) is 5.59. The highest BCUT2D eigenvalue weighted by atomic mass is 16.5. The van der Waals surface area contributed by atoms with E-state index in [1.807, 2.05) is 18.2 Å². The molecule has 0 bridgehead atoms. The Morgan fingerprint density at radius 3 is 2.78 bits per heavy atom. The van der Waals surface area contributed by atoms with Crippen LogP contribution in [-0.2, 0) is 16.1 Å². The van der Waals surface area contributed by atoms with Gasteiger partial charge in [-0.25, -0.2) is 4.99 Å². The van der Waals surface area contributed by atoms with Gasteiger partial charge in [0.15, 0.2) is 0 Å². The zero-order valence-corrected chi connectivity index (χ0v) is 21.7. The van der Waals surface area contributed by atoms with Gasteiger partial charge in [-0.15, -0.1) is 0 Å². The third-order valence-corrected chi connectivity index (χ3v) is 7.62. The zero-order valence-electron chi connectivity index (χ0n) is 21.7. The van der Waals surface area contributed by atoms with Gasteiger partial charge in [0.25, 0.3) is 5.91 Å². The molecule has 2 N–H and O–H groups in total. The van der Waals surface area contributed by atoms with Crippen LogP contribution in [0.15, 0.2) is 23.2 Å². The van der Waals surface area contributed by atoms with Crippen molar-refractivity contribution < 1.29 is 19.4 Å². The van der Waals surface area contributed by atoms with Crippen LogP contribution < -0.4 is 10.1 Å². The molecule has 0 aromatic heterocycles. The number of aliphatic hydroxyl groups excluding tert-OH is 1. The molecule has 1 saturated carbocycles. The fraction of sp³-hybridized carbons (Fsp3) is 0.679. The number of ether oxygens (including phenoxy) is 1. The first-order valence-electron chi connectivity index (χ1n) is 13.9. The van der Waals surface area contributed by atoms with Gasteiger partial charge in [-0.1, -0.05) is 45.4 Å². The molecule has 2 fully saturated rings. The van der Waals surface area contributed by atoms with Crippen molar-refractivity contribution >= 4 is 23.5 Å². The van der Waals surface area contributed by atoms with Crippen LogP contribution in [0.25, 0.3) is 0 Å². The maximum absolute atomic E-state index is 13.1. The molecule has 1 aliphatic carbocycles. The molecule has 8 nitrogen and oxygen atoms in total. The standard InChI is InChI=1S/C28H42N4O4/c1-2-3-4-9-16-31(22-11-6-5-7-12-22)26(34)13-8-10-17-36-23-14-15-24-21(18-23)19-32-25(20-33)27(35)30-28(32)29-24/h14-15,18,22,25,33H,2-13,16-17,19-20H2,1H3,(H,29,30,35). The van der Waals surface area contributed by atoms with E-state index >= 15 is 0 Å². The minimum Gasteiger partial charge on any atom is -0.494 e. The zero-order chi connectivity index (χ0) is 25.3. The van der Waals surface area contributed by atoms with Gasteiger partial charge in [0.1, 0.15) is 11.8 Å². The van der Waals surface area contributed by atoms with Crippen molar-refractivity contribution in [3.8, 4) is 5.75 Å². The Kier molecular flexibility index (Phi) is 9.61. The molecule has 1 aromatic carbocycles. The third kappa shape index (κ3) is 6.58. The number of nitrogens with zero attached hydrogens (tertiary/aromatic N) is 3. The van der Waals surface area contributed by atoms with E-state index in [9.17, 15) is 14.7 Å². The number of aliphatic hydroxyl groups is 1. The topological polar surface area (TPSA) is 94.5 Å². The van der Waals surface area contributed by atoms with E-state index in [1.165, 1.54) is 38.5 Å². The minimum atomic E-state index is -0.598. The number of rotatable bonds is 13. The van der Waals surface area contributed by atoms with Crippen LogP contribution in [0.3, 0.4) is 0 Å². The Morgan fingerprint density at radius 2 is 2.00 bits per heavy atom. The Hall–Kier alpha value is -2.61. The predicted molar refractivity (Wildman–Crippen MR) is 140 cm³/mol. The van der Waals surface area contributed by atoms with Gasteiger partial charge in [-0.05, 0) is 50.3 Å². The monoisotopic (exact) mass is 498 g/mol. The van der Waals surface area contributed by atoms with Crippen LogP contribution >= 0.6 is 0 Å². The summed E-state index contributed by atoms with van der Waals surface area (Å²) >= 11 is 0. The van der Waals surface area contributed by atoms with E-state index in [2.05, 4.69) is 22.1 Å². The lowest BCUT2D eigenvalue weighted by Crippen LogP contribution is -2.42. The van der Waals surface area contributed by atoms with Crippen molar-refractivity contribution in [3.63, 3.8) is 0 Å². The Balaban J connectivity index is 1.22. The number of guanidine groups is 1. The van der Waals surface area contributed by atoms with Crippen molar-refractivity contribution in [2.75, 3.05) is 19.8 Å². The van der Waals surface area contributed by atoms with Crippen molar-refractivity contribution in [1.82, 2.24) is 15.1 Å². The Labute approximate surface area is 215 Å². The van der Waals surface area contributed by atoms with E-state index in [4.69, 9.17) is 4.74 Å². The first kappa shape index (κ1) is 26.5. The van der Waals surface area contributed by atoms with Gasteiger partial charge >= 0.3 is 0 Å². The molecule has 2 heterocycles. The van der Waals surface area contributed by atoms with Crippen molar-refractivity contribution in [1.29, 1.82) is 0 Å². The summed E-state index contributed by atoms with van der Waals surface area (Å²) in [4.78, 5) is 33.6. The largest absolute Gasteiger partial charge is 0.494 e. The van der Waals surface area contributed by atoms with Gasteiger partial charge in [0, 0.05) is 31.1 Å². The molecular formula is C28H42N4O4. The molecule has 36 heavy (non-hydrogen) atoms. The average molecular weight is 499 g/mol. The average Bonchev–Trinajstić information content (AvgIpc) is 3.21. The minimum absolute atomic E-state index is 0.224. The second-order valence-electron chi connectivity index (χ2n) is 10.3. The van der Waals surface area contributed by atoms with Crippen LogP contribution in [-0.4, -0.2) is 64.5 Å². The van der Waals surface area contributed by atoms with Crippen molar-refractivity contribution in [2.24, 2.45) is 4.99 Å². The normalized spacial score (nSPS) is 19.4. The van der Waals surface area contributed by atoms with E-state index < -0.39 is 6.04 Å². The quantitative estimate of drug-likeness (QED) is 0.396. The number of fused-ring (bicyclic) bond motifs is 2. The lowest BCUT2D eigenvalue weighted by atomic mass is 9.93. The summed E-state index contributed by atoms with van der Waals surface area (Å²) in [6.07, 6.45) is 13.1. The van der Waals surface area contributed by atoms with Crippen LogP contribution in [0.1, 0.15) is 89.5 Å². The summed E-state index contributed by atoms with van der Waals surface area (Å²) in [6.45, 7) is 3.95. The fourth-order valence-corrected chi connectivity index (χ4v) is 5.52. The SMILES string of the molecule is CCCCCCN(C(=O)CCCCOc1ccc2c(c1)CN1C(=N2)NC(=O)C1CO)C1CCCCC1. The molecule has 1 unspecified atom stereocenters. The van der Waals surface area contributed by atoms with Crippen LogP contribution in [0.4, 0.5) is 5.69 Å². The van der Waals surface area contributed by atoms with Crippen LogP contribution in [0, 0.1) is 0 Å². The predicted octanol–water partition coefficient (Wildman–Crippen LogP) is 4.27. The first-order chi connectivity index (χ1) is 17.6. The number of nitrogens with one attached hydrogen (secondary N) is 1. The molecule has 0 radical (unpaired) electrons. The number of carbonyl (C=O) groups excluding carboxylic acids is 2. The number of hydrogen-bond donors (Lipinski definition) is 2. The van der Waals surface area contributed by atoms with Gasteiger partial charge in [0.2, 0.25) is 11.9 Å². The molecule has 1 atom stereocenters. The first-order valence-corrected chi connectivity index (χ1v) is 13.9. The Bertz CT molecular complexity index is 928. The highest BCUT2D eigenvalue weighted by Crippen LogP contribution is 2.32. The summed E-state index contributed by atoms with van der Waals surface area (Å²) in [5.74, 6) is 1.35. The van der Waals surface area contributed by atoms with E-state index in [0.29, 0.717) is 37.5 Å². The second kappa shape index (κ2) is 13.1. The lowest BCUT2D eigenvalue weighted by Gasteiger charge is -2.34. The molecule has 3 aliphatic rings. The fourth-order valence-electron chi connectivity index (χ4n) is 5.52. The number of carbonyl (C=O) groups is 2. The second-order valence-corrected chi connectivity index (χ2v) is 10.3. The van der Waals surface area contributed by atoms with Crippen molar-refractivity contribution in [2.45, 2.75) is 103 Å². The number of unbranched alkanes of at least 4 members (excludes halogenated alkanes) is 4. The molecule has 1 saturated heterocycles. The molecule has 1 aromatic rings. The molecule has 2 amide bonds. The maximum Gasteiger partial charge on any atom is 0.251 e. The molecule has 4 rings (SSSR count). The van der Waals surface area contributed by atoms with Crippen molar-refractivity contribution in [3.05, 3.63) is 23.8 Å². The lowest BCUT2D eigenvalue weighted by molar-refractivity contribution is -0.134. The van der Waals surface area contributed by atoms with Crippen LogP contribution in [0.2, 0.25) is 0 Å². The summed E-state index contributed by atoms with van der Waals surface area (Å²) < 4.78 is 5.98. The van der Waals surface area contributed by atoms with Gasteiger partial charge in [-0.3, -0.25) is 14.9 Å². The molecule has 2 aliphatic heterocycles. The molecule has 8 heteroatoms. The van der Waals surface area contributed by atoms with E-state index in [1.54, 1.807) is 4.90 Å². The molecular weight excluding hydrogens is 456 g/mol. The van der Waals surface area contributed by atoms with E-state index in [0.717, 1.165) is 55.6 Å². The van der Waals surface area contributed by atoms with E-state index in [-0.39, 0.29) is 12.5 Å². The van der Waals surface area contributed by atoms with Gasteiger partial charge in [-0.2, -0.15) is 0 Å². The van der Waals surface area contributed by atoms with Crippen LogP contribution in [0.5, 0.6) is 5.75 Å². The summed E-state index contributed by atoms with van der Waals surface area (Å²) in [7, 11) is 0. The smallest absolute Gasteiger partial charge is 0.251 e.